The number of aromatic nitrogens is 3. The van der Waals surface area contributed by atoms with E-state index in [1.54, 1.807) is 12.4 Å². The van der Waals surface area contributed by atoms with Crippen molar-refractivity contribution in [3.05, 3.63) is 47.8 Å². The van der Waals surface area contributed by atoms with E-state index in [2.05, 4.69) is 20.2 Å². The summed E-state index contributed by atoms with van der Waals surface area (Å²) in [5, 5.41) is 3.08. The highest BCUT2D eigenvalue weighted by Crippen LogP contribution is 2.30. The van der Waals surface area contributed by atoms with Crippen LogP contribution in [0.15, 0.2) is 30.9 Å². The van der Waals surface area contributed by atoms with Gasteiger partial charge in [-0.15, -0.1) is 0 Å². The van der Waals surface area contributed by atoms with Crippen LogP contribution < -0.4 is 5.32 Å². The lowest BCUT2D eigenvalue weighted by Crippen LogP contribution is -2.47. The number of hydrogen-bond acceptors (Lipinski definition) is 5. The van der Waals surface area contributed by atoms with Crippen LogP contribution in [0.5, 0.6) is 0 Å². The number of nitrogens with one attached hydrogen (secondary N) is 1. The number of rotatable bonds is 4. The minimum atomic E-state index is -0.203. The number of nitrogens with zero attached hydrogens (tertiary/aromatic N) is 4. The molecule has 0 aliphatic carbocycles. The van der Waals surface area contributed by atoms with Gasteiger partial charge in [-0.1, -0.05) is 6.07 Å². The molecule has 1 saturated heterocycles. The molecular formula is C19H25N5O2. The fourth-order valence-corrected chi connectivity index (χ4v) is 3.99. The molecule has 1 atom stereocenters. The molecule has 4 heterocycles. The number of amides is 1. The Bertz CT molecular complexity index is 755. The van der Waals surface area contributed by atoms with Gasteiger partial charge in [0.05, 0.1) is 23.6 Å². The molecule has 0 aromatic carbocycles. The summed E-state index contributed by atoms with van der Waals surface area (Å²) < 4.78 is 7.49. The van der Waals surface area contributed by atoms with E-state index in [1.165, 1.54) is 0 Å². The molecule has 1 unspecified atom stereocenters. The molecule has 1 N–H and O–H groups in total. The number of ether oxygens (including phenoxy) is 1. The van der Waals surface area contributed by atoms with Crippen LogP contribution in [-0.2, 0) is 29.7 Å². The van der Waals surface area contributed by atoms with Gasteiger partial charge in [0.15, 0.2) is 0 Å². The molecule has 0 saturated carbocycles. The molecule has 26 heavy (non-hydrogen) atoms. The lowest BCUT2D eigenvalue weighted by molar-refractivity contribution is -0.124. The molecule has 1 amide bonds. The van der Waals surface area contributed by atoms with Crippen LogP contribution in [0.4, 0.5) is 0 Å². The quantitative estimate of drug-likeness (QED) is 0.893. The largest absolute Gasteiger partial charge is 0.381 e. The first-order chi connectivity index (χ1) is 12.7. The number of aryl methyl sites for hydroxylation is 1. The fourth-order valence-electron chi connectivity index (χ4n) is 3.99. The minimum Gasteiger partial charge on any atom is -0.381 e. The zero-order valence-electron chi connectivity index (χ0n) is 15.1. The molecule has 0 spiro atoms. The van der Waals surface area contributed by atoms with E-state index in [9.17, 15) is 4.79 Å². The standard InChI is InChI=1S/C19H25N5O2/c1-23-13-22-17-12-24(15-4-7-26-8-5-15)11-16(18(17)23)19(25)21-10-14-3-2-6-20-9-14/h2-3,6,9,13,15-16H,4-5,7-8,10-12H2,1H3,(H,21,25). The number of pyridine rings is 1. The Labute approximate surface area is 153 Å². The average Bonchev–Trinajstić information content (AvgIpc) is 3.08. The van der Waals surface area contributed by atoms with Gasteiger partial charge in [-0.25, -0.2) is 4.98 Å². The fraction of sp³-hybridized carbons (Fsp3) is 0.526. The molecular weight excluding hydrogens is 330 g/mol. The highest BCUT2D eigenvalue weighted by molar-refractivity contribution is 5.84. The van der Waals surface area contributed by atoms with E-state index in [0.717, 1.165) is 56.1 Å². The summed E-state index contributed by atoms with van der Waals surface area (Å²) in [6.45, 7) is 3.64. The summed E-state index contributed by atoms with van der Waals surface area (Å²) in [4.78, 5) is 24.1. The third kappa shape index (κ3) is 3.50. The summed E-state index contributed by atoms with van der Waals surface area (Å²) in [6.07, 6.45) is 7.38. The molecule has 7 heteroatoms. The van der Waals surface area contributed by atoms with Gasteiger partial charge in [0.1, 0.15) is 0 Å². The molecule has 2 aliphatic heterocycles. The average molecular weight is 355 g/mol. The molecule has 2 aromatic rings. The molecule has 4 rings (SSSR count). The van der Waals surface area contributed by atoms with E-state index < -0.39 is 0 Å². The SMILES string of the molecule is Cn1cnc2c1C(C(=O)NCc1cccnc1)CN(C1CCOCC1)C2. The Hall–Kier alpha value is -2.25. The van der Waals surface area contributed by atoms with E-state index in [1.807, 2.05) is 30.1 Å². The van der Waals surface area contributed by atoms with Crippen molar-refractivity contribution in [2.24, 2.45) is 7.05 Å². The molecule has 0 bridgehead atoms. The number of fused-ring (bicyclic) bond motifs is 1. The van der Waals surface area contributed by atoms with E-state index in [-0.39, 0.29) is 11.8 Å². The highest BCUT2D eigenvalue weighted by Gasteiger charge is 2.36. The van der Waals surface area contributed by atoms with Crippen molar-refractivity contribution in [1.82, 2.24) is 24.8 Å². The zero-order valence-corrected chi connectivity index (χ0v) is 15.1. The van der Waals surface area contributed by atoms with Crippen molar-refractivity contribution >= 4 is 5.91 Å². The van der Waals surface area contributed by atoms with Crippen molar-refractivity contribution in [3.8, 4) is 0 Å². The number of carbonyl (C=O) groups excluding carboxylic acids is 1. The van der Waals surface area contributed by atoms with Gasteiger partial charge in [-0.05, 0) is 24.5 Å². The van der Waals surface area contributed by atoms with E-state index in [4.69, 9.17) is 4.74 Å². The van der Waals surface area contributed by atoms with Crippen molar-refractivity contribution in [2.75, 3.05) is 19.8 Å². The van der Waals surface area contributed by atoms with Crippen molar-refractivity contribution in [1.29, 1.82) is 0 Å². The Kier molecular flexibility index (Phi) is 4.99. The first-order valence-corrected chi connectivity index (χ1v) is 9.21. The van der Waals surface area contributed by atoms with Gasteiger partial charge in [0, 0.05) is 58.3 Å². The van der Waals surface area contributed by atoms with Crippen LogP contribution in [0.25, 0.3) is 0 Å². The van der Waals surface area contributed by atoms with E-state index in [0.29, 0.717) is 12.6 Å². The summed E-state index contributed by atoms with van der Waals surface area (Å²) >= 11 is 0. The van der Waals surface area contributed by atoms with Crippen molar-refractivity contribution < 1.29 is 9.53 Å². The maximum absolute atomic E-state index is 13.0. The second-order valence-corrected chi connectivity index (χ2v) is 7.09. The van der Waals surface area contributed by atoms with Crippen LogP contribution in [0.1, 0.15) is 35.7 Å². The Morgan fingerprint density at radius 1 is 1.38 bits per heavy atom. The van der Waals surface area contributed by atoms with Crippen LogP contribution in [-0.4, -0.2) is 51.1 Å². The molecule has 2 aromatic heterocycles. The van der Waals surface area contributed by atoms with Gasteiger partial charge in [0.2, 0.25) is 5.91 Å². The molecule has 7 nitrogen and oxygen atoms in total. The summed E-state index contributed by atoms with van der Waals surface area (Å²) in [7, 11) is 1.97. The van der Waals surface area contributed by atoms with Crippen molar-refractivity contribution in [3.63, 3.8) is 0 Å². The van der Waals surface area contributed by atoms with Gasteiger partial charge in [-0.2, -0.15) is 0 Å². The van der Waals surface area contributed by atoms with Crippen molar-refractivity contribution in [2.45, 2.75) is 37.9 Å². The number of hydrogen-bond donors (Lipinski definition) is 1. The van der Waals surface area contributed by atoms with Gasteiger partial charge in [-0.3, -0.25) is 14.7 Å². The normalized spacial score (nSPS) is 21.3. The monoisotopic (exact) mass is 355 g/mol. The predicted molar refractivity (Wildman–Crippen MR) is 96.3 cm³/mol. The number of carbonyl (C=O) groups is 1. The second kappa shape index (κ2) is 7.55. The maximum atomic E-state index is 13.0. The summed E-state index contributed by atoms with van der Waals surface area (Å²) in [5.74, 6) is -0.152. The van der Waals surface area contributed by atoms with E-state index >= 15 is 0 Å². The van der Waals surface area contributed by atoms with Gasteiger partial charge >= 0.3 is 0 Å². The van der Waals surface area contributed by atoms with Crippen LogP contribution in [0.2, 0.25) is 0 Å². The smallest absolute Gasteiger partial charge is 0.230 e. The first-order valence-electron chi connectivity index (χ1n) is 9.21. The topological polar surface area (TPSA) is 72.3 Å². The molecule has 0 radical (unpaired) electrons. The van der Waals surface area contributed by atoms with Crippen LogP contribution >= 0.6 is 0 Å². The molecule has 1 fully saturated rings. The van der Waals surface area contributed by atoms with Gasteiger partial charge in [0.25, 0.3) is 0 Å². The Morgan fingerprint density at radius 3 is 3.00 bits per heavy atom. The highest BCUT2D eigenvalue weighted by atomic mass is 16.5. The van der Waals surface area contributed by atoms with Crippen LogP contribution in [0.3, 0.4) is 0 Å². The Morgan fingerprint density at radius 2 is 2.23 bits per heavy atom. The zero-order chi connectivity index (χ0) is 17.9. The molecule has 2 aliphatic rings. The Balaban J connectivity index is 1.50. The third-order valence-corrected chi connectivity index (χ3v) is 5.38. The first kappa shape index (κ1) is 17.2. The minimum absolute atomic E-state index is 0.0514. The predicted octanol–water partition coefficient (Wildman–Crippen LogP) is 1.21. The lowest BCUT2D eigenvalue weighted by atomic mass is 9.94. The maximum Gasteiger partial charge on any atom is 0.230 e. The molecule has 138 valence electrons. The summed E-state index contributed by atoms with van der Waals surface area (Å²) in [5.41, 5.74) is 3.06. The van der Waals surface area contributed by atoms with Crippen LogP contribution in [0, 0.1) is 0 Å². The second-order valence-electron chi connectivity index (χ2n) is 7.09. The number of imidazole rings is 1. The van der Waals surface area contributed by atoms with Gasteiger partial charge < -0.3 is 14.6 Å². The lowest BCUT2D eigenvalue weighted by Gasteiger charge is -2.39. The summed E-state index contributed by atoms with van der Waals surface area (Å²) in [6, 6.07) is 4.32. The third-order valence-electron chi connectivity index (χ3n) is 5.38.